The Morgan fingerprint density at radius 2 is 2.10 bits per heavy atom. The van der Waals surface area contributed by atoms with Crippen molar-refractivity contribution in [1.82, 2.24) is 4.90 Å². The second-order valence-electron chi connectivity index (χ2n) is 4.66. The highest BCUT2D eigenvalue weighted by atomic mass is 19.2. The average molecular weight is 302 g/mol. The van der Waals surface area contributed by atoms with Gasteiger partial charge in [0, 0.05) is 13.0 Å². The van der Waals surface area contributed by atoms with E-state index < -0.39 is 35.8 Å². The normalized spacial score (nSPS) is 21.2. The zero-order chi connectivity index (χ0) is 15.6. The van der Waals surface area contributed by atoms with Crippen molar-refractivity contribution >= 4 is 17.7 Å². The van der Waals surface area contributed by atoms with Gasteiger partial charge < -0.3 is 15.0 Å². The molecule has 8 heteroatoms. The molecule has 21 heavy (non-hydrogen) atoms. The van der Waals surface area contributed by atoms with Gasteiger partial charge in [-0.3, -0.25) is 0 Å². The molecule has 1 atom stereocenters. The fourth-order valence-corrected chi connectivity index (χ4v) is 2.09. The molecular formula is C13H13F3N2O3. The van der Waals surface area contributed by atoms with E-state index in [9.17, 15) is 22.8 Å². The van der Waals surface area contributed by atoms with Crippen LogP contribution >= 0.6 is 0 Å². The Balaban J connectivity index is 2.06. The molecule has 1 fully saturated rings. The van der Waals surface area contributed by atoms with Crippen LogP contribution in [0.1, 0.15) is 6.42 Å². The molecule has 0 spiro atoms. The Kier molecular flexibility index (Phi) is 4.06. The largest absolute Gasteiger partial charge is 0.467 e. The van der Waals surface area contributed by atoms with Crippen LogP contribution < -0.4 is 5.32 Å². The molecule has 1 aliphatic heterocycles. The van der Waals surface area contributed by atoms with Gasteiger partial charge in [0.25, 0.3) is 0 Å². The number of hydrogen-bond acceptors (Lipinski definition) is 3. The third kappa shape index (κ3) is 2.93. The number of alkyl halides is 1. The minimum Gasteiger partial charge on any atom is -0.467 e. The summed E-state index contributed by atoms with van der Waals surface area (Å²) in [6.45, 7) is -0.531. The quantitative estimate of drug-likeness (QED) is 0.851. The van der Waals surface area contributed by atoms with Crippen LogP contribution in [0, 0.1) is 11.6 Å². The van der Waals surface area contributed by atoms with Crippen LogP contribution in [-0.2, 0) is 9.53 Å². The fraction of sp³-hybridized carbons (Fsp3) is 0.385. The standard InChI is InChI=1S/C13H13F3N2O3/c1-21-11(19)13(16)5-6-18(7-13)12(20)17-9-4-2-3-8(14)10(9)15/h2-4H,5-7H2,1H3,(H,17,20). The Morgan fingerprint density at radius 3 is 2.76 bits per heavy atom. The molecule has 1 aromatic rings. The molecule has 0 radical (unpaired) electrons. The van der Waals surface area contributed by atoms with Crippen LogP contribution in [0.5, 0.6) is 0 Å². The van der Waals surface area contributed by atoms with Crippen molar-refractivity contribution < 1.29 is 27.5 Å². The van der Waals surface area contributed by atoms with Crippen LogP contribution in [0.15, 0.2) is 18.2 Å². The number of amides is 2. The van der Waals surface area contributed by atoms with E-state index in [0.717, 1.165) is 18.1 Å². The van der Waals surface area contributed by atoms with Crippen LogP contribution in [-0.4, -0.2) is 42.8 Å². The second kappa shape index (κ2) is 5.63. The zero-order valence-electron chi connectivity index (χ0n) is 11.2. The van der Waals surface area contributed by atoms with Gasteiger partial charge in [-0.25, -0.2) is 22.8 Å². The number of halogens is 3. The predicted octanol–water partition coefficient (Wildman–Crippen LogP) is 2.08. The Labute approximate surface area is 118 Å². The number of benzene rings is 1. The van der Waals surface area contributed by atoms with Gasteiger partial charge in [-0.15, -0.1) is 0 Å². The molecule has 2 amide bonds. The first-order valence-electron chi connectivity index (χ1n) is 6.14. The van der Waals surface area contributed by atoms with Gasteiger partial charge in [-0.2, -0.15) is 0 Å². The molecule has 1 aromatic carbocycles. The number of anilines is 1. The summed E-state index contributed by atoms with van der Waals surface area (Å²) >= 11 is 0. The molecule has 114 valence electrons. The molecule has 1 saturated heterocycles. The fourth-order valence-electron chi connectivity index (χ4n) is 2.09. The summed E-state index contributed by atoms with van der Waals surface area (Å²) in [6.07, 6.45) is -0.210. The number of esters is 1. The van der Waals surface area contributed by atoms with E-state index in [0.29, 0.717) is 0 Å². The lowest BCUT2D eigenvalue weighted by Crippen LogP contribution is -2.41. The van der Waals surface area contributed by atoms with E-state index >= 15 is 0 Å². The first-order valence-corrected chi connectivity index (χ1v) is 6.14. The molecule has 0 aromatic heterocycles. The summed E-state index contributed by atoms with van der Waals surface area (Å²) in [7, 11) is 1.05. The summed E-state index contributed by atoms with van der Waals surface area (Å²) < 4.78 is 45.0. The van der Waals surface area contributed by atoms with Crippen molar-refractivity contribution in [3.63, 3.8) is 0 Å². The lowest BCUT2D eigenvalue weighted by molar-refractivity contribution is -0.153. The van der Waals surface area contributed by atoms with E-state index in [1.54, 1.807) is 0 Å². The monoisotopic (exact) mass is 302 g/mol. The Hall–Kier alpha value is -2.25. The van der Waals surface area contributed by atoms with Crippen molar-refractivity contribution in [2.75, 3.05) is 25.5 Å². The molecule has 1 heterocycles. The molecule has 2 rings (SSSR count). The van der Waals surface area contributed by atoms with Gasteiger partial charge >= 0.3 is 12.0 Å². The van der Waals surface area contributed by atoms with Gasteiger partial charge in [-0.1, -0.05) is 6.07 Å². The number of carbonyl (C=O) groups excluding carboxylic acids is 2. The highest BCUT2D eigenvalue weighted by molar-refractivity contribution is 5.91. The number of ether oxygens (including phenoxy) is 1. The zero-order valence-corrected chi connectivity index (χ0v) is 11.2. The SMILES string of the molecule is COC(=O)C1(F)CCN(C(=O)Nc2cccc(F)c2F)C1. The summed E-state index contributed by atoms with van der Waals surface area (Å²) in [5.74, 6) is -3.37. The number of nitrogens with one attached hydrogen (secondary N) is 1. The van der Waals surface area contributed by atoms with Crippen molar-refractivity contribution in [2.24, 2.45) is 0 Å². The number of likely N-dealkylation sites (tertiary alicyclic amines) is 1. The lowest BCUT2D eigenvalue weighted by atomic mass is 10.1. The minimum atomic E-state index is -2.27. The van der Waals surface area contributed by atoms with E-state index in [4.69, 9.17) is 0 Å². The van der Waals surface area contributed by atoms with Crippen LogP contribution in [0.2, 0.25) is 0 Å². The Morgan fingerprint density at radius 1 is 1.38 bits per heavy atom. The summed E-state index contributed by atoms with van der Waals surface area (Å²) in [5.41, 5.74) is -2.62. The van der Waals surface area contributed by atoms with Crippen LogP contribution in [0.4, 0.5) is 23.7 Å². The third-order valence-electron chi connectivity index (χ3n) is 3.25. The average Bonchev–Trinajstić information content (AvgIpc) is 2.87. The van der Waals surface area contributed by atoms with Gasteiger partial charge in [0.2, 0.25) is 5.67 Å². The maximum absolute atomic E-state index is 14.2. The molecule has 0 bridgehead atoms. The second-order valence-corrected chi connectivity index (χ2v) is 4.66. The van der Waals surface area contributed by atoms with E-state index in [1.165, 1.54) is 12.1 Å². The van der Waals surface area contributed by atoms with Gasteiger partial charge in [0.1, 0.15) is 0 Å². The molecule has 1 unspecified atom stereocenters. The van der Waals surface area contributed by atoms with E-state index in [1.807, 2.05) is 0 Å². The third-order valence-corrected chi connectivity index (χ3v) is 3.25. The minimum absolute atomic E-state index is 0.0334. The van der Waals surface area contributed by atoms with E-state index in [2.05, 4.69) is 10.1 Å². The lowest BCUT2D eigenvalue weighted by Gasteiger charge is -2.19. The summed E-state index contributed by atoms with van der Waals surface area (Å²) in [4.78, 5) is 24.2. The molecule has 5 nitrogen and oxygen atoms in total. The first kappa shape index (κ1) is 15.1. The van der Waals surface area contributed by atoms with E-state index in [-0.39, 0.29) is 18.7 Å². The predicted molar refractivity (Wildman–Crippen MR) is 67.4 cm³/mol. The topological polar surface area (TPSA) is 58.6 Å². The number of carbonyl (C=O) groups is 2. The first-order chi connectivity index (χ1) is 9.87. The highest BCUT2D eigenvalue weighted by Gasteiger charge is 2.47. The molecule has 0 aliphatic carbocycles. The van der Waals surface area contributed by atoms with Crippen LogP contribution in [0.25, 0.3) is 0 Å². The molecule has 1 aliphatic rings. The Bertz CT molecular complexity index is 582. The number of urea groups is 1. The van der Waals surface area contributed by atoms with Gasteiger partial charge in [0.05, 0.1) is 19.3 Å². The van der Waals surface area contributed by atoms with Crippen molar-refractivity contribution in [3.8, 4) is 0 Å². The maximum atomic E-state index is 14.2. The summed E-state index contributed by atoms with van der Waals surface area (Å²) in [5, 5.41) is 2.14. The smallest absolute Gasteiger partial charge is 0.345 e. The molecular weight excluding hydrogens is 289 g/mol. The van der Waals surface area contributed by atoms with Gasteiger partial charge in [0.15, 0.2) is 11.6 Å². The number of rotatable bonds is 2. The number of nitrogens with zero attached hydrogens (tertiary/aromatic N) is 1. The number of methoxy groups -OCH3 is 1. The summed E-state index contributed by atoms with van der Waals surface area (Å²) in [6, 6.07) is 2.49. The van der Waals surface area contributed by atoms with Gasteiger partial charge in [-0.05, 0) is 12.1 Å². The maximum Gasteiger partial charge on any atom is 0.345 e. The van der Waals surface area contributed by atoms with Crippen molar-refractivity contribution in [1.29, 1.82) is 0 Å². The van der Waals surface area contributed by atoms with Crippen molar-refractivity contribution in [3.05, 3.63) is 29.8 Å². The van der Waals surface area contributed by atoms with Crippen LogP contribution in [0.3, 0.4) is 0 Å². The van der Waals surface area contributed by atoms with Crippen molar-refractivity contribution in [2.45, 2.75) is 12.1 Å². The number of hydrogen-bond donors (Lipinski definition) is 1. The highest BCUT2D eigenvalue weighted by Crippen LogP contribution is 2.27. The molecule has 1 N–H and O–H groups in total. The molecule has 0 saturated carbocycles.